The predicted molar refractivity (Wildman–Crippen MR) is 65.6 cm³/mol. The number of carbonyl (C=O) groups excluding carboxylic acids is 1. The van der Waals surface area contributed by atoms with Crippen LogP contribution in [0, 0.1) is 0 Å². The molecule has 0 aliphatic carbocycles. The molecular weight excluding hydrogens is 248 g/mol. The van der Waals surface area contributed by atoms with Gasteiger partial charge in [-0.1, -0.05) is 12.1 Å². The number of methoxy groups -OCH3 is 1. The average molecular weight is 262 g/mol. The normalized spacial score (nSPS) is 10.2. The lowest BCUT2D eigenvalue weighted by Crippen LogP contribution is -2.23. The van der Waals surface area contributed by atoms with Gasteiger partial charge in [-0.15, -0.1) is 0 Å². The summed E-state index contributed by atoms with van der Waals surface area (Å²) in [6.07, 6.45) is 2.20. The molecule has 2 heterocycles. The Bertz CT molecular complexity index is 568. The maximum absolute atomic E-state index is 11.8. The number of hydrogen-bond acceptors (Lipinski definition) is 6. The van der Waals surface area contributed by atoms with Crippen LogP contribution in [0.1, 0.15) is 29.1 Å². The number of hydrogen-bond donors (Lipinski definition) is 1. The summed E-state index contributed by atoms with van der Waals surface area (Å²) >= 11 is 0. The van der Waals surface area contributed by atoms with Crippen LogP contribution in [0.2, 0.25) is 0 Å². The molecule has 2 aromatic heterocycles. The molecule has 0 radical (unpaired) electrons. The zero-order chi connectivity index (χ0) is 13.7. The molecule has 0 fully saturated rings. The number of aromatic nitrogens is 3. The van der Waals surface area contributed by atoms with E-state index in [9.17, 15) is 4.79 Å². The van der Waals surface area contributed by atoms with Gasteiger partial charge in [0.05, 0.1) is 13.7 Å². The van der Waals surface area contributed by atoms with Crippen LogP contribution < -0.4 is 10.1 Å². The fourth-order valence-electron chi connectivity index (χ4n) is 1.41. The number of amides is 1. The summed E-state index contributed by atoms with van der Waals surface area (Å²) in [4.78, 5) is 19.9. The lowest BCUT2D eigenvalue weighted by Gasteiger charge is -2.03. The van der Waals surface area contributed by atoms with Crippen molar-refractivity contribution in [3.8, 4) is 5.75 Å². The summed E-state index contributed by atoms with van der Waals surface area (Å²) in [6, 6.07) is 3.23. The lowest BCUT2D eigenvalue weighted by molar-refractivity contribution is 0.0941. The van der Waals surface area contributed by atoms with E-state index in [-0.39, 0.29) is 18.1 Å². The van der Waals surface area contributed by atoms with Gasteiger partial charge < -0.3 is 14.6 Å². The van der Waals surface area contributed by atoms with Crippen LogP contribution >= 0.6 is 0 Å². The topological polar surface area (TPSA) is 90.1 Å². The number of ether oxygens (including phenoxy) is 1. The van der Waals surface area contributed by atoms with Crippen molar-refractivity contribution in [1.29, 1.82) is 0 Å². The first-order valence-electron chi connectivity index (χ1n) is 5.82. The fourth-order valence-corrected chi connectivity index (χ4v) is 1.41. The van der Waals surface area contributed by atoms with E-state index in [1.54, 1.807) is 12.1 Å². The van der Waals surface area contributed by atoms with Crippen molar-refractivity contribution in [2.24, 2.45) is 0 Å². The summed E-state index contributed by atoms with van der Waals surface area (Å²) in [5, 5.41) is 6.39. The molecule has 7 heteroatoms. The molecule has 0 saturated carbocycles. The van der Waals surface area contributed by atoms with Crippen molar-refractivity contribution >= 4 is 5.91 Å². The van der Waals surface area contributed by atoms with Crippen LogP contribution in [-0.4, -0.2) is 28.1 Å². The van der Waals surface area contributed by atoms with E-state index < -0.39 is 0 Å². The second-order valence-corrected chi connectivity index (χ2v) is 3.72. The van der Waals surface area contributed by atoms with Gasteiger partial charge in [0, 0.05) is 18.7 Å². The van der Waals surface area contributed by atoms with Gasteiger partial charge in [-0.3, -0.25) is 9.78 Å². The Morgan fingerprint density at radius 2 is 2.37 bits per heavy atom. The first kappa shape index (κ1) is 13.0. The highest BCUT2D eigenvalue weighted by atomic mass is 16.5. The van der Waals surface area contributed by atoms with Crippen LogP contribution in [0.5, 0.6) is 5.75 Å². The molecule has 0 bridgehead atoms. The molecule has 19 heavy (non-hydrogen) atoms. The van der Waals surface area contributed by atoms with E-state index in [0.29, 0.717) is 23.9 Å². The quantitative estimate of drug-likeness (QED) is 0.863. The maximum atomic E-state index is 11.8. The molecule has 2 rings (SSSR count). The molecule has 0 aliphatic rings. The molecule has 100 valence electrons. The zero-order valence-electron chi connectivity index (χ0n) is 10.7. The van der Waals surface area contributed by atoms with E-state index in [1.807, 2.05) is 6.92 Å². The Labute approximate surface area is 110 Å². The standard InChI is InChI=1S/C12H14N4O3/c1-3-10-15-11(19-16-10)7-14-12(17)9-6-8(18-2)4-5-13-9/h4-6H,3,7H2,1-2H3,(H,14,17). The second-order valence-electron chi connectivity index (χ2n) is 3.72. The molecule has 0 aliphatic heterocycles. The smallest absolute Gasteiger partial charge is 0.270 e. The van der Waals surface area contributed by atoms with Gasteiger partial charge in [-0.25, -0.2) is 0 Å². The highest BCUT2D eigenvalue weighted by molar-refractivity contribution is 5.92. The van der Waals surface area contributed by atoms with Crippen LogP contribution in [-0.2, 0) is 13.0 Å². The minimum absolute atomic E-state index is 0.171. The van der Waals surface area contributed by atoms with Crippen LogP contribution in [0.15, 0.2) is 22.9 Å². The fraction of sp³-hybridized carbons (Fsp3) is 0.333. The molecule has 0 saturated heterocycles. The van der Waals surface area contributed by atoms with Crippen molar-refractivity contribution in [1.82, 2.24) is 20.4 Å². The summed E-state index contributed by atoms with van der Waals surface area (Å²) in [6.45, 7) is 2.10. The molecule has 0 aromatic carbocycles. The van der Waals surface area contributed by atoms with Crippen LogP contribution in [0.3, 0.4) is 0 Å². The Kier molecular flexibility index (Phi) is 4.07. The minimum atomic E-state index is -0.324. The highest BCUT2D eigenvalue weighted by Crippen LogP contribution is 2.09. The van der Waals surface area contributed by atoms with Crippen molar-refractivity contribution in [3.05, 3.63) is 35.7 Å². The summed E-state index contributed by atoms with van der Waals surface area (Å²) in [7, 11) is 1.53. The molecule has 1 N–H and O–H groups in total. The van der Waals surface area contributed by atoms with Gasteiger partial charge in [0.1, 0.15) is 11.4 Å². The molecule has 2 aromatic rings. The number of pyridine rings is 1. The van der Waals surface area contributed by atoms with Gasteiger partial charge in [-0.05, 0) is 6.07 Å². The van der Waals surface area contributed by atoms with E-state index in [0.717, 1.165) is 0 Å². The Balaban J connectivity index is 1.96. The third-order valence-corrected chi connectivity index (χ3v) is 2.43. The summed E-state index contributed by atoms with van der Waals surface area (Å²) in [5.41, 5.74) is 0.273. The van der Waals surface area contributed by atoms with Crippen molar-refractivity contribution in [2.75, 3.05) is 7.11 Å². The average Bonchev–Trinajstić information content (AvgIpc) is 2.93. The Morgan fingerprint density at radius 1 is 1.53 bits per heavy atom. The van der Waals surface area contributed by atoms with Gasteiger partial charge in [0.2, 0.25) is 5.89 Å². The number of nitrogens with one attached hydrogen (secondary N) is 1. The predicted octanol–water partition coefficient (Wildman–Crippen LogP) is 0.966. The SMILES string of the molecule is CCc1noc(CNC(=O)c2cc(OC)ccn2)n1. The second kappa shape index (κ2) is 5.94. The summed E-state index contributed by atoms with van der Waals surface area (Å²) < 4.78 is 9.99. The van der Waals surface area contributed by atoms with Crippen LogP contribution in [0.4, 0.5) is 0 Å². The Morgan fingerprint density at radius 3 is 3.05 bits per heavy atom. The van der Waals surface area contributed by atoms with E-state index in [2.05, 4.69) is 20.4 Å². The minimum Gasteiger partial charge on any atom is -0.497 e. The molecule has 0 spiro atoms. The van der Waals surface area contributed by atoms with Crippen molar-refractivity contribution in [3.63, 3.8) is 0 Å². The van der Waals surface area contributed by atoms with E-state index in [1.165, 1.54) is 13.3 Å². The highest BCUT2D eigenvalue weighted by Gasteiger charge is 2.10. The molecule has 0 atom stereocenters. The van der Waals surface area contributed by atoms with Crippen molar-refractivity contribution < 1.29 is 14.1 Å². The number of rotatable bonds is 5. The third kappa shape index (κ3) is 3.27. The van der Waals surface area contributed by atoms with Gasteiger partial charge in [0.15, 0.2) is 5.82 Å². The van der Waals surface area contributed by atoms with Crippen LogP contribution in [0.25, 0.3) is 0 Å². The van der Waals surface area contributed by atoms with E-state index in [4.69, 9.17) is 9.26 Å². The molecular formula is C12H14N4O3. The number of nitrogens with zero attached hydrogens (tertiary/aromatic N) is 3. The van der Waals surface area contributed by atoms with Gasteiger partial charge in [-0.2, -0.15) is 4.98 Å². The number of aryl methyl sites for hydroxylation is 1. The van der Waals surface area contributed by atoms with Gasteiger partial charge >= 0.3 is 0 Å². The van der Waals surface area contributed by atoms with E-state index >= 15 is 0 Å². The maximum Gasteiger partial charge on any atom is 0.270 e. The first-order valence-corrected chi connectivity index (χ1v) is 5.82. The zero-order valence-corrected chi connectivity index (χ0v) is 10.7. The largest absolute Gasteiger partial charge is 0.497 e. The lowest BCUT2D eigenvalue weighted by atomic mass is 10.3. The molecule has 0 unspecified atom stereocenters. The van der Waals surface area contributed by atoms with Crippen molar-refractivity contribution in [2.45, 2.75) is 19.9 Å². The summed E-state index contributed by atoms with van der Waals surface area (Å²) in [5.74, 6) is 1.23. The monoisotopic (exact) mass is 262 g/mol. The Hall–Kier alpha value is -2.44. The number of carbonyl (C=O) groups is 1. The third-order valence-electron chi connectivity index (χ3n) is 2.43. The van der Waals surface area contributed by atoms with Gasteiger partial charge in [0.25, 0.3) is 5.91 Å². The molecule has 1 amide bonds. The molecule has 7 nitrogen and oxygen atoms in total. The first-order chi connectivity index (χ1) is 9.22.